The molecule has 0 spiro atoms. The number of likely N-dealkylation sites (tertiary alicyclic amines) is 1. The van der Waals surface area contributed by atoms with E-state index in [2.05, 4.69) is 24.1 Å². The van der Waals surface area contributed by atoms with E-state index in [9.17, 15) is 4.79 Å². The molecule has 1 amide bonds. The molecule has 106 valence electrons. The van der Waals surface area contributed by atoms with Crippen LogP contribution < -0.4 is 5.32 Å². The normalized spacial score (nSPS) is 22.8. The van der Waals surface area contributed by atoms with Crippen LogP contribution in [0.2, 0.25) is 0 Å². The topological polar surface area (TPSA) is 35.6 Å². The molecular weight excluding hydrogens is 226 g/mol. The zero-order valence-electron chi connectivity index (χ0n) is 12.4. The maximum absolute atomic E-state index is 11.6. The van der Waals surface area contributed by atoms with Gasteiger partial charge >= 0.3 is 0 Å². The molecule has 4 nitrogen and oxygen atoms in total. The van der Waals surface area contributed by atoms with Gasteiger partial charge in [-0.3, -0.25) is 4.79 Å². The Morgan fingerprint density at radius 3 is 2.83 bits per heavy atom. The number of rotatable bonds is 6. The van der Waals surface area contributed by atoms with Crippen molar-refractivity contribution >= 4 is 5.91 Å². The van der Waals surface area contributed by atoms with E-state index in [1.165, 1.54) is 12.8 Å². The number of piperidine rings is 1. The number of nitrogens with one attached hydrogen (secondary N) is 1. The fourth-order valence-electron chi connectivity index (χ4n) is 2.67. The summed E-state index contributed by atoms with van der Waals surface area (Å²) in [6.07, 6.45) is 3.22. The van der Waals surface area contributed by atoms with Gasteiger partial charge in [-0.05, 0) is 38.8 Å². The second-order valence-corrected chi connectivity index (χ2v) is 5.59. The van der Waals surface area contributed by atoms with Crippen LogP contribution in [0.25, 0.3) is 0 Å². The van der Waals surface area contributed by atoms with E-state index in [0.717, 1.165) is 32.1 Å². The van der Waals surface area contributed by atoms with Gasteiger partial charge in [0.1, 0.15) is 0 Å². The van der Waals surface area contributed by atoms with Crippen molar-refractivity contribution in [1.29, 1.82) is 0 Å². The monoisotopic (exact) mass is 255 g/mol. The third-order valence-corrected chi connectivity index (χ3v) is 3.92. The number of hydrogen-bond acceptors (Lipinski definition) is 3. The first-order valence-corrected chi connectivity index (χ1v) is 7.20. The van der Waals surface area contributed by atoms with Gasteiger partial charge in [0.2, 0.25) is 5.91 Å². The van der Waals surface area contributed by atoms with Crippen molar-refractivity contribution in [1.82, 2.24) is 15.1 Å². The highest BCUT2D eigenvalue weighted by molar-refractivity contribution is 5.75. The zero-order chi connectivity index (χ0) is 13.5. The Bertz CT molecular complexity index is 255. The Morgan fingerprint density at radius 2 is 2.22 bits per heavy atom. The summed E-state index contributed by atoms with van der Waals surface area (Å²) in [5, 5.41) is 3.52. The molecule has 1 N–H and O–H groups in total. The lowest BCUT2D eigenvalue weighted by Crippen LogP contribution is -2.45. The van der Waals surface area contributed by atoms with E-state index in [0.29, 0.717) is 12.5 Å². The molecule has 0 aliphatic carbocycles. The number of nitrogens with zero attached hydrogens (tertiary/aromatic N) is 2. The number of carbonyl (C=O) groups excluding carboxylic acids is 1. The maximum Gasteiger partial charge on any atom is 0.223 e. The minimum Gasteiger partial charge on any atom is -0.349 e. The number of hydrogen-bond donors (Lipinski definition) is 1. The summed E-state index contributed by atoms with van der Waals surface area (Å²) in [4.78, 5) is 15.7. The minimum atomic E-state index is 0.233. The summed E-state index contributed by atoms with van der Waals surface area (Å²) in [6.45, 7) is 8.67. The van der Waals surface area contributed by atoms with Gasteiger partial charge in [0.25, 0.3) is 0 Å². The SMILES string of the molecule is CCNC(C)C1CCCN(CCC(=O)N(C)C)C1. The van der Waals surface area contributed by atoms with Crippen LogP contribution in [0.3, 0.4) is 0 Å². The van der Waals surface area contributed by atoms with E-state index in [-0.39, 0.29) is 5.91 Å². The molecule has 0 aromatic rings. The van der Waals surface area contributed by atoms with Gasteiger partial charge in [0.05, 0.1) is 0 Å². The van der Waals surface area contributed by atoms with E-state index < -0.39 is 0 Å². The van der Waals surface area contributed by atoms with E-state index >= 15 is 0 Å². The third kappa shape index (κ3) is 4.94. The molecule has 0 aromatic carbocycles. The summed E-state index contributed by atoms with van der Waals surface area (Å²) < 4.78 is 0. The van der Waals surface area contributed by atoms with E-state index in [1.807, 2.05) is 14.1 Å². The fourth-order valence-corrected chi connectivity index (χ4v) is 2.67. The summed E-state index contributed by atoms with van der Waals surface area (Å²) in [5.74, 6) is 0.963. The van der Waals surface area contributed by atoms with Crippen molar-refractivity contribution in [3.63, 3.8) is 0 Å². The number of amides is 1. The highest BCUT2D eigenvalue weighted by atomic mass is 16.2. The van der Waals surface area contributed by atoms with Gasteiger partial charge in [-0.15, -0.1) is 0 Å². The third-order valence-electron chi connectivity index (χ3n) is 3.92. The molecular formula is C14H29N3O. The summed E-state index contributed by atoms with van der Waals surface area (Å²) >= 11 is 0. The lowest BCUT2D eigenvalue weighted by molar-refractivity contribution is -0.129. The Labute approximate surface area is 112 Å². The first kappa shape index (κ1) is 15.4. The Hall–Kier alpha value is -0.610. The van der Waals surface area contributed by atoms with Crippen molar-refractivity contribution in [3.05, 3.63) is 0 Å². The number of carbonyl (C=O) groups is 1. The van der Waals surface area contributed by atoms with Crippen LogP contribution in [0.4, 0.5) is 0 Å². The molecule has 1 aliphatic heterocycles. The van der Waals surface area contributed by atoms with E-state index in [1.54, 1.807) is 4.90 Å². The van der Waals surface area contributed by atoms with Crippen LogP contribution in [0.15, 0.2) is 0 Å². The molecule has 0 bridgehead atoms. The molecule has 4 heteroatoms. The van der Waals surface area contributed by atoms with Gasteiger partial charge in [0, 0.05) is 39.6 Å². The standard InChI is InChI=1S/C14H29N3O/c1-5-15-12(2)13-7-6-9-17(11-13)10-8-14(18)16(3)4/h12-13,15H,5-11H2,1-4H3. The molecule has 0 saturated carbocycles. The van der Waals surface area contributed by atoms with Gasteiger partial charge in [-0.1, -0.05) is 6.92 Å². The van der Waals surface area contributed by atoms with Crippen LogP contribution in [0.5, 0.6) is 0 Å². The molecule has 2 unspecified atom stereocenters. The van der Waals surface area contributed by atoms with Crippen LogP contribution in [0, 0.1) is 5.92 Å². The van der Waals surface area contributed by atoms with Gasteiger partial charge < -0.3 is 15.1 Å². The molecule has 18 heavy (non-hydrogen) atoms. The molecule has 2 atom stereocenters. The Kier molecular flexibility index (Phi) is 6.65. The highest BCUT2D eigenvalue weighted by Crippen LogP contribution is 2.19. The summed E-state index contributed by atoms with van der Waals surface area (Å²) in [5.41, 5.74) is 0. The largest absolute Gasteiger partial charge is 0.349 e. The Morgan fingerprint density at radius 1 is 1.50 bits per heavy atom. The van der Waals surface area contributed by atoms with Crippen molar-refractivity contribution < 1.29 is 4.79 Å². The van der Waals surface area contributed by atoms with Gasteiger partial charge in [-0.25, -0.2) is 0 Å². The van der Waals surface area contributed by atoms with Crippen LogP contribution in [-0.2, 0) is 4.79 Å². The second kappa shape index (κ2) is 7.74. The molecule has 0 aromatic heterocycles. The molecule has 1 fully saturated rings. The van der Waals surface area contributed by atoms with Gasteiger partial charge in [0.15, 0.2) is 0 Å². The van der Waals surface area contributed by atoms with Crippen LogP contribution in [-0.4, -0.2) is 62.0 Å². The quantitative estimate of drug-likeness (QED) is 0.774. The van der Waals surface area contributed by atoms with E-state index in [4.69, 9.17) is 0 Å². The molecule has 1 saturated heterocycles. The van der Waals surface area contributed by atoms with Crippen molar-refractivity contribution in [2.45, 2.75) is 39.2 Å². The maximum atomic E-state index is 11.6. The van der Waals surface area contributed by atoms with Crippen LogP contribution in [0.1, 0.15) is 33.1 Å². The first-order chi connectivity index (χ1) is 8.54. The van der Waals surface area contributed by atoms with Crippen molar-refractivity contribution in [2.24, 2.45) is 5.92 Å². The minimum absolute atomic E-state index is 0.233. The van der Waals surface area contributed by atoms with Crippen molar-refractivity contribution in [2.75, 3.05) is 40.3 Å². The zero-order valence-corrected chi connectivity index (χ0v) is 12.4. The molecule has 1 aliphatic rings. The van der Waals surface area contributed by atoms with Crippen molar-refractivity contribution in [3.8, 4) is 0 Å². The highest BCUT2D eigenvalue weighted by Gasteiger charge is 2.24. The fraction of sp³-hybridized carbons (Fsp3) is 0.929. The lowest BCUT2D eigenvalue weighted by atomic mass is 9.91. The molecule has 1 heterocycles. The van der Waals surface area contributed by atoms with Crippen LogP contribution >= 0.6 is 0 Å². The second-order valence-electron chi connectivity index (χ2n) is 5.59. The first-order valence-electron chi connectivity index (χ1n) is 7.20. The average molecular weight is 255 g/mol. The molecule has 0 radical (unpaired) electrons. The average Bonchev–Trinajstić information content (AvgIpc) is 2.36. The van der Waals surface area contributed by atoms with Gasteiger partial charge in [-0.2, -0.15) is 0 Å². The lowest BCUT2D eigenvalue weighted by Gasteiger charge is -2.36. The molecule has 1 rings (SSSR count). The smallest absolute Gasteiger partial charge is 0.223 e. The summed E-state index contributed by atoms with van der Waals surface area (Å²) in [6, 6.07) is 0.586. The Balaban J connectivity index is 2.32. The summed E-state index contributed by atoms with van der Waals surface area (Å²) in [7, 11) is 3.66. The predicted molar refractivity (Wildman–Crippen MR) is 75.6 cm³/mol. The predicted octanol–water partition coefficient (Wildman–Crippen LogP) is 1.17.